The van der Waals surface area contributed by atoms with Gasteiger partial charge in [0.1, 0.15) is 11.8 Å². The van der Waals surface area contributed by atoms with Crippen molar-refractivity contribution < 1.29 is 4.39 Å². The number of anilines is 1. The van der Waals surface area contributed by atoms with Gasteiger partial charge in [-0.15, -0.1) is 0 Å². The summed E-state index contributed by atoms with van der Waals surface area (Å²) in [5.41, 5.74) is 1.45. The predicted molar refractivity (Wildman–Crippen MR) is 59.9 cm³/mol. The first-order valence-electron chi connectivity index (χ1n) is 5.50. The van der Waals surface area contributed by atoms with Crippen LogP contribution in [0.15, 0.2) is 18.3 Å². The molecule has 0 unspecified atom stereocenters. The van der Waals surface area contributed by atoms with E-state index in [0.717, 1.165) is 31.6 Å². The topological polar surface area (TPSA) is 39.9 Å². The second-order valence-electron chi connectivity index (χ2n) is 4.10. The first-order valence-corrected chi connectivity index (χ1v) is 5.50. The van der Waals surface area contributed by atoms with Gasteiger partial charge in [0, 0.05) is 25.0 Å². The molecule has 2 rings (SSSR count). The van der Waals surface area contributed by atoms with Crippen molar-refractivity contribution in [2.24, 2.45) is 5.92 Å². The van der Waals surface area contributed by atoms with Crippen LogP contribution in [0.2, 0.25) is 0 Å². The Morgan fingerprint density at radius 1 is 1.50 bits per heavy atom. The molecule has 0 saturated carbocycles. The lowest BCUT2D eigenvalue weighted by Gasteiger charge is -2.32. The van der Waals surface area contributed by atoms with Gasteiger partial charge in [0.2, 0.25) is 0 Å². The van der Waals surface area contributed by atoms with Gasteiger partial charge in [-0.25, -0.2) is 4.98 Å². The van der Waals surface area contributed by atoms with Crippen molar-refractivity contribution in [3.63, 3.8) is 0 Å². The number of nitrogens with zero attached hydrogens (tertiary/aromatic N) is 3. The summed E-state index contributed by atoms with van der Waals surface area (Å²) in [4.78, 5) is 6.13. The molecule has 16 heavy (non-hydrogen) atoms. The average Bonchev–Trinajstić information content (AvgIpc) is 2.39. The van der Waals surface area contributed by atoms with E-state index in [2.05, 4.69) is 9.88 Å². The van der Waals surface area contributed by atoms with Crippen LogP contribution in [0.3, 0.4) is 0 Å². The number of piperidine rings is 1. The molecule has 1 fully saturated rings. The lowest BCUT2D eigenvalue weighted by atomic mass is 9.98. The molecule has 0 radical (unpaired) electrons. The number of pyridine rings is 1. The highest BCUT2D eigenvalue weighted by molar-refractivity contribution is 5.48. The van der Waals surface area contributed by atoms with Crippen molar-refractivity contribution in [2.75, 3.05) is 24.7 Å². The van der Waals surface area contributed by atoms with Gasteiger partial charge in [-0.2, -0.15) is 5.26 Å². The standard InChI is InChI=1S/C12H14FN3/c13-8-10-2-5-16(6-3-10)12-1-4-15-11(7-12)9-14/h1,4,7,10H,2-3,5-6,8H2. The Hall–Kier alpha value is -1.63. The van der Waals surface area contributed by atoms with Gasteiger partial charge in [0.05, 0.1) is 6.67 Å². The van der Waals surface area contributed by atoms with Gasteiger partial charge in [-0.1, -0.05) is 0 Å². The SMILES string of the molecule is N#Cc1cc(N2CCC(CF)CC2)ccn1. The summed E-state index contributed by atoms with van der Waals surface area (Å²) in [5.74, 6) is 0.216. The molecule has 0 aromatic carbocycles. The molecule has 1 aliphatic rings. The number of halogens is 1. The zero-order chi connectivity index (χ0) is 11.4. The molecular formula is C12H14FN3. The molecule has 1 saturated heterocycles. The molecule has 0 atom stereocenters. The van der Waals surface area contributed by atoms with Crippen LogP contribution in [-0.4, -0.2) is 24.7 Å². The van der Waals surface area contributed by atoms with E-state index in [-0.39, 0.29) is 12.6 Å². The Morgan fingerprint density at radius 2 is 2.25 bits per heavy atom. The maximum Gasteiger partial charge on any atom is 0.142 e. The Morgan fingerprint density at radius 3 is 2.88 bits per heavy atom. The van der Waals surface area contributed by atoms with Crippen LogP contribution in [0.4, 0.5) is 10.1 Å². The summed E-state index contributed by atoms with van der Waals surface area (Å²) in [6.07, 6.45) is 3.43. The number of nitriles is 1. The van der Waals surface area contributed by atoms with Gasteiger partial charge < -0.3 is 4.90 Å². The zero-order valence-electron chi connectivity index (χ0n) is 9.06. The highest BCUT2D eigenvalue weighted by Gasteiger charge is 2.19. The van der Waals surface area contributed by atoms with E-state index in [1.165, 1.54) is 0 Å². The summed E-state index contributed by atoms with van der Waals surface area (Å²) in [5, 5.41) is 8.76. The van der Waals surface area contributed by atoms with Crippen molar-refractivity contribution in [1.82, 2.24) is 4.98 Å². The van der Waals surface area contributed by atoms with E-state index in [0.29, 0.717) is 5.69 Å². The Labute approximate surface area is 94.5 Å². The van der Waals surface area contributed by atoms with Crippen LogP contribution in [-0.2, 0) is 0 Å². The molecule has 3 nitrogen and oxygen atoms in total. The normalized spacial score (nSPS) is 17.1. The van der Waals surface area contributed by atoms with Gasteiger partial charge in [-0.05, 0) is 30.9 Å². The largest absolute Gasteiger partial charge is 0.371 e. The molecule has 0 N–H and O–H groups in total. The van der Waals surface area contributed by atoms with Gasteiger partial charge in [-0.3, -0.25) is 4.39 Å². The predicted octanol–water partition coefficient (Wildman–Crippen LogP) is 2.14. The first kappa shape index (κ1) is 10.9. The van der Waals surface area contributed by atoms with E-state index in [1.807, 2.05) is 12.1 Å². The number of aromatic nitrogens is 1. The van der Waals surface area contributed by atoms with Crippen LogP contribution < -0.4 is 4.90 Å². The monoisotopic (exact) mass is 219 g/mol. The summed E-state index contributed by atoms with van der Waals surface area (Å²) < 4.78 is 12.5. The summed E-state index contributed by atoms with van der Waals surface area (Å²) in [7, 11) is 0. The van der Waals surface area contributed by atoms with Gasteiger partial charge >= 0.3 is 0 Å². The van der Waals surface area contributed by atoms with Crippen LogP contribution in [0.5, 0.6) is 0 Å². The highest BCUT2D eigenvalue weighted by atomic mass is 19.1. The minimum atomic E-state index is -0.215. The molecular weight excluding hydrogens is 205 g/mol. The summed E-state index contributed by atoms with van der Waals surface area (Å²) in [6.45, 7) is 1.51. The number of hydrogen-bond donors (Lipinski definition) is 0. The molecule has 84 valence electrons. The van der Waals surface area contributed by atoms with Crippen molar-refractivity contribution in [2.45, 2.75) is 12.8 Å². The fraction of sp³-hybridized carbons (Fsp3) is 0.500. The van der Waals surface area contributed by atoms with Gasteiger partial charge in [0.15, 0.2) is 0 Å². The van der Waals surface area contributed by atoms with Crippen molar-refractivity contribution in [3.8, 4) is 6.07 Å². The second-order valence-corrected chi connectivity index (χ2v) is 4.10. The minimum absolute atomic E-state index is 0.215. The average molecular weight is 219 g/mol. The maximum absolute atomic E-state index is 12.5. The van der Waals surface area contributed by atoms with Crippen molar-refractivity contribution >= 4 is 5.69 Å². The minimum Gasteiger partial charge on any atom is -0.371 e. The van der Waals surface area contributed by atoms with Crippen molar-refractivity contribution in [1.29, 1.82) is 5.26 Å². The Bertz CT molecular complexity index is 391. The molecule has 0 aliphatic carbocycles. The quantitative estimate of drug-likeness (QED) is 0.765. The van der Waals surface area contributed by atoms with Crippen LogP contribution in [0.25, 0.3) is 0 Å². The molecule has 4 heteroatoms. The summed E-state index contributed by atoms with van der Waals surface area (Å²) >= 11 is 0. The highest BCUT2D eigenvalue weighted by Crippen LogP contribution is 2.23. The van der Waals surface area contributed by atoms with E-state index in [9.17, 15) is 4.39 Å². The van der Waals surface area contributed by atoms with Gasteiger partial charge in [0.25, 0.3) is 0 Å². The molecule has 1 aromatic heterocycles. The second kappa shape index (κ2) is 4.93. The van der Waals surface area contributed by atoms with Crippen molar-refractivity contribution in [3.05, 3.63) is 24.0 Å². The number of alkyl halides is 1. The number of hydrogen-bond acceptors (Lipinski definition) is 3. The zero-order valence-corrected chi connectivity index (χ0v) is 9.06. The van der Waals surface area contributed by atoms with E-state index < -0.39 is 0 Å². The lowest BCUT2D eigenvalue weighted by molar-refractivity contribution is 0.307. The molecule has 0 spiro atoms. The third-order valence-corrected chi connectivity index (χ3v) is 3.06. The fourth-order valence-corrected chi connectivity index (χ4v) is 2.02. The lowest BCUT2D eigenvalue weighted by Crippen LogP contribution is -2.34. The molecule has 1 aliphatic heterocycles. The maximum atomic E-state index is 12.5. The smallest absolute Gasteiger partial charge is 0.142 e. The third kappa shape index (κ3) is 2.30. The molecule has 0 amide bonds. The van der Waals surface area contributed by atoms with E-state index >= 15 is 0 Å². The van der Waals surface area contributed by atoms with E-state index in [1.54, 1.807) is 12.3 Å². The van der Waals surface area contributed by atoms with E-state index in [4.69, 9.17) is 5.26 Å². The first-order chi connectivity index (χ1) is 7.83. The number of rotatable bonds is 2. The molecule has 1 aromatic rings. The summed E-state index contributed by atoms with van der Waals surface area (Å²) in [6, 6.07) is 5.72. The Kier molecular flexibility index (Phi) is 3.35. The van der Waals surface area contributed by atoms with Crippen LogP contribution in [0.1, 0.15) is 18.5 Å². The van der Waals surface area contributed by atoms with Crippen LogP contribution >= 0.6 is 0 Å². The molecule has 2 heterocycles. The van der Waals surface area contributed by atoms with Crippen LogP contribution in [0, 0.1) is 17.2 Å². The third-order valence-electron chi connectivity index (χ3n) is 3.06. The fourth-order valence-electron chi connectivity index (χ4n) is 2.02. The molecule has 0 bridgehead atoms. The Balaban J connectivity index is 2.05.